The molecule has 4 heteroatoms. The highest BCUT2D eigenvalue weighted by Crippen LogP contribution is 2.48. The highest BCUT2D eigenvalue weighted by molar-refractivity contribution is 6.34. The van der Waals surface area contributed by atoms with Gasteiger partial charge in [-0.1, -0.05) is 43.0 Å². The number of nitrogens with two attached hydrogens (primary N) is 1. The minimum Gasteiger partial charge on any atom is -0.495 e. The lowest BCUT2D eigenvalue weighted by Crippen LogP contribution is -2.29. The number of hydrogen-bond donors (Lipinski definition) is 1. The number of halogens is 2. The molecule has 0 amide bonds. The first-order chi connectivity index (χ1) is 8.48. The van der Waals surface area contributed by atoms with E-state index in [1.54, 1.807) is 13.2 Å². The van der Waals surface area contributed by atoms with E-state index in [0.29, 0.717) is 15.8 Å². The monoisotopic (exact) mass is 287 g/mol. The second-order valence-corrected chi connectivity index (χ2v) is 6.16. The van der Waals surface area contributed by atoms with Gasteiger partial charge >= 0.3 is 0 Å². The van der Waals surface area contributed by atoms with Gasteiger partial charge in [0.2, 0.25) is 0 Å². The standard InChI is InChI=1S/C14H19Cl2NO/c1-14(5-3-4-6-14)13(17)9-7-11(16)12(18-2)8-10(9)15/h7-8,13H,3-6,17H2,1-2H3. The van der Waals surface area contributed by atoms with Crippen LogP contribution in [0.15, 0.2) is 12.1 Å². The number of ether oxygens (including phenoxy) is 1. The van der Waals surface area contributed by atoms with Crippen LogP contribution in [0.3, 0.4) is 0 Å². The Morgan fingerprint density at radius 1 is 1.22 bits per heavy atom. The van der Waals surface area contributed by atoms with E-state index in [1.165, 1.54) is 12.8 Å². The van der Waals surface area contributed by atoms with Gasteiger partial charge in [0.1, 0.15) is 5.75 Å². The van der Waals surface area contributed by atoms with Gasteiger partial charge in [0.15, 0.2) is 0 Å². The molecule has 0 spiro atoms. The Labute approximate surface area is 118 Å². The van der Waals surface area contributed by atoms with Crippen LogP contribution < -0.4 is 10.5 Å². The van der Waals surface area contributed by atoms with Crippen molar-refractivity contribution in [3.63, 3.8) is 0 Å². The average Bonchev–Trinajstić information content (AvgIpc) is 2.79. The molecule has 2 nitrogen and oxygen atoms in total. The third kappa shape index (κ3) is 2.47. The van der Waals surface area contributed by atoms with Gasteiger partial charge in [-0.05, 0) is 29.9 Å². The predicted molar refractivity (Wildman–Crippen MR) is 76.5 cm³/mol. The molecule has 0 heterocycles. The van der Waals surface area contributed by atoms with Gasteiger partial charge in [-0.25, -0.2) is 0 Å². The zero-order valence-corrected chi connectivity index (χ0v) is 12.3. The summed E-state index contributed by atoms with van der Waals surface area (Å²) < 4.78 is 5.15. The largest absolute Gasteiger partial charge is 0.495 e. The van der Waals surface area contributed by atoms with Gasteiger partial charge in [0, 0.05) is 17.1 Å². The minimum atomic E-state index is -0.0732. The highest BCUT2D eigenvalue weighted by Gasteiger charge is 2.36. The third-order valence-electron chi connectivity index (χ3n) is 4.10. The Hall–Kier alpha value is -0.440. The smallest absolute Gasteiger partial charge is 0.138 e. The van der Waals surface area contributed by atoms with Crippen LogP contribution in [0.4, 0.5) is 0 Å². The van der Waals surface area contributed by atoms with Crippen molar-refractivity contribution in [2.24, 2.45) is 11.1 Å². The van der Waals surface area contributed by atoms with Crippen LogP contribution in [0, 0.1) is 5.41 Å². The summed E-state index contributed by atoms with van der Waals surface area (Å²) in [5.41, 5.74) is 7.46. The van der Waals surface area contributed by atoms with E-state index in [2.05, 4.69) is 6.92 Å². The molecule has 2 rings (SSSR count). The lowest BCUT2D eigenvalue weighted by atomic mass is 9.78. The number of rotatable bonds is 3. The maximum atomic E-state index is 6.41. The van der Waals surface area contributed by atoms with Crippen molar-refractivity contribution in [2.45, 2.75) is 38.6 Å². The Kier molecular flexibility index (Phi) is 4.10. The van der Waals surface area contributed by atoms with Gasteiger partial charge in [0.05, 0.1) is 12.1 Å². The summed E-state index contributed by atoms with van der Waals surface area (Å²) in [5.74, 6) is 0.592. The van der Waals surface area contributed by atoms with Crippen molar-refractivity contribution >= 4 is 23.2 Å². The van der Waals surface area contributed by atoms with Gasteiger partial charge < -0.3 is 10.5 Å². The maximum Gasteiger partial charge on any atom is 0.138 e. The quantitative estimate of drug-likeness (QED) is 0.883. The lowest BCUT2D eigenvalue weighted by molar-refractivity contribution is 0.265. The molecule has 1 atom stereocenters. The summed E-state index contributed by atoms with van der Waals surface area (Å²) in [4.78, 5) is 0. The molecule has 1 aromatic carbocycles. The molecule has 1 aliphatic rings. The van der Waals surface area contributed by atoms with E-state index >= 15 is 0 Å². The van der Waals surface area contributed by atoms with Gasteiger partial charge in [-0.2, -0.15) is 0 Å². The molecule has 0 bridgehead atoms. The van der Waals surface area contributed by atoms with Crippen LogP contribution in [0.1, 0.15) is 44.2 Å². The van der Waals surface area contributed by atoms with Crippen molar-refractivity contribution < 1.29 is 4.74 Å². The highest BCUT2D eigenvalue weighted by atomic mass is 35.5. The summed E-state index contributed by atoms with van der Waals surface area (Å²) in [5, 5.41) is 1.20. The summed E-state index contributed by atoms with van der Waals surface area (Å²) in [6.07, 6.45) is 4.78. The third-order valence-corrected chi connectivity index (χ3v) is 4.73. The van der Waals surface area contributed by atoms with Crippen molar-refractivity contribution in [1.82, 2.24) is 0 Å². The van der Waals surface area contributed by atoms with E-state index in [0.717, 1.165) is 18.4 Å². The number of methoxy groups -OCH3 is 1. The zero-order valence-electron chi connectivity index (χ0n) is 10.8. The topological polar surface area (TPSA) is 35.2 Å². The molecule has 1 aliphatic carbocycles. The fraction of sp³-hybridized carbons (Fsp3) is 0.571. The Morgan fingerprint density at radius 2 is 1.83 bits per heavy atom. The van der Waals surface area contributed by atoms with Crippen LogP contribution >= 0.6 is 23.2 Å². The molecular weight excluding hydrogens is 269 g/mol. The summed E-state index contributed by atoms with van der Waals surface area (Å²) in [6, 6.07) is 3.52. The van der Waals surface area contributed by atoms with Crippen LogP contribution in [-0.4, -0.2) is 7.11 Å². The molecule has 1 fully saturated rings. The normalized spacial score (nSPS) is 19.8. The van der Waals surface area contributed by atoms with Crippen LogP contribution in [0.5, 0.6) is 5.75 Å². The molecule has 2 N–H and O–H groups in total. The van der Waals surface area contributed by atoms with Crippen molar-refractivity contribution in [3.8, 4) is 5.75 Å². The van der Waals surface area contributed by atoms with E-state index < -0.39 is 0 Å². The van der Waals surface area contributed by atoms with Crippen molar-refractivity contribution in [1.29, 1.82) is 0 Å². The first kappa shape index (κ1) is 14.0. The molecule has 0 saturated heterocycles. The summed E-state index contributed by atoms with van der Waals surface area (Å²) >= 11 is 12.5. The van der Waals surface area contributed by atoms with Gasteiger partial charge in [0.25, 0.3) is 0 Å². The molecule has 1 saturated carbocycles. The molecular formula is C14H19Cl2NO. The second kappa shape index (κ2) is 5.28. The van der Waals surface area contributed by atoms with Crippen molar-refractivity contribution in [3.05, 3.63) is 27.7 Å². The second-order valence-electron chi connectivity index (χ2n) is 5.35. The summed E-state index contributed by atoms with van der Waals surface area (Å²) in [7, 11) is 1.58. The first-order valence-electron chi connectivity index (χ1n) is 6.26. The van der Waals surface area contributed by atoms with Crippen LogP contribution in [-0.2, 0) is 0 Å². The Balaban J connectivity index is 2.36. The Morgan fingerprint density at radius 3 is 2.39 bits per heavy atom. The molecule has 0 radical (unpaired) electrons. The average molecular weight is 288 g/mol. The summed E-state index contributed by atoms with van der Waals surface area (Å²) in [6.45, 7) is 2.24. The van der Waals surface area contributed by atoms with E-state index in [9.17, 15) is 0 Å². The lowest BCUT2D eigenvalue weighted by Gasteiger charge is -2.32. The fourth-order valence-corrected chi connectivity index (χ4v) is 3.33. The van der Waals surface area contributed by atoms with E-state index in [1.807, 2.05) is 6.07 Å². The van der Waals surface area contributed by atoms with Gasteiger partial charge in [-0.15, -0.1) is 0 Å². The zero-order chi connectivity index (χ0) is 13.3. The fourth-order valence-electron chi connectivity index (χ4n) is 2.81. The minimum absolute atomic E-state index is 0.0732. The van der Waals surface area contributed by atoms with E-state index in [4.69, 9.17) is 33.7 Å². The molecule has 18 heavy (non-hydrogen) atoms. The Bertz CT molecular complexity index is 442. The predicted octanol–water partition coefficient (Wildman–Crippen LogP) is 4.58. The first-order valence-corrected chi connectivity index (χ1v) is 7.02. The van der Waals surface area contributed by atoms with Gasteiger partial charge in [-0.3, -0.25) is 0 Å². The molecule has 1 unspecified atom stereocenters. The maximum absolute atomic E-state index is 6.41. The van der Waals surface area contributed by atoms with Crippen molar-refractivity contribution in [2.75, 3.05) is 7.11 Å². The SMILES string of the molecule is COc1cc(Cl)c(C(N)C2(C)CCCC2)cc1Cl. The van der Waals surface area contributed by atoms with Crippen LogP contribution in [0.25, 0.3) is 0 Å². The molecule has 0 aromatic heterocycles. The number of hydrogen-bond acceptors (Lipinski definition) is 2. The van der Waals surface area contributed by atoms with Crippen LogP contribution in [0.2, 0.25) is 10.0 Å². The van der Waals surface area contributed by atoms with E-state index in [-0.39, 0.29) is 11.5 Å². The molecule has 1 aromatic rings. The number of benzene rings is 1. The molecule has 100 valence electrons. The molecule has 0 aliphatic heterocycles.